The molecule has 1 N–H and O–H groups in total. The average molecular weight is 284 g/mol. The number of carbonyl (C=O) groups excluding carboxylic acids is 1. The molecule has 0 bridgehead atoms. The predicted molar refractivity (Wildman–Crippen MR) is 80.1 cm³/mol. The molecule has 108 valence electrons. The van der Waals surface area contributed by atoms with Gasteiger partial charge in [0.25, 0.3) is 0 Å². The molecule has 4 heteroatoms. The van der Waals surface area contributed by atoms with Crippen molar-refractivity contribution in [3.63, 3.8) is 0 Å². The lowest BCUT2D eigenvalue weighted by Crippen LogP contribution is -2.15. The molecule has 0 spiro atoms. The zero-order chi connectivity index (χ0) is 15.2. The minimum Gasteiger partial charge on any atom is -0.481 e. The van der Waals surface area contributed by atoms with Crippen molar-refractivity contribution in [3.05, 3.63) is 60.7 Å². The van der Waals surface area contributed by atoms with E-state index < -0.39 is 17.9 Å². The van der Waals surface area contributed by atoms with Crippen LogP contribution in [0.25, 0.3) is 10.8 Å². The van der Waals surface area contributed by atoms with Crippen molar-refractivity contribution in [1.82, 2.24) is 0 Å². The van der Waals surface area contributed by atoms with Crippen LogP contribution in [0.4, 0.5) is 0 Å². The maximum atomic E-state index is 11.4. The van der Waals surface area contributed by atoms with Crippen LogP contribution >= 0.6 is 0 Å². The van der Waals surface area contributed by atoms with Crippen LogP contribution in [-0.2, 0) is 14.3 Å². The molecular formula is C17H16O4. The molecule has 0 fully saturated rings. The van der Waals surface area contributed by atoms with Gasteiger partial charge in [-0.2, -0.15) is 0 Å². The Bertz CT molecular complexity index is 675. The van der Waals surface area contributed by atoms with Gasteiger partial charge in [0.2, 0.25) is 0 Å². The molecule has 0 aliphatic heterocycles. The SMILES string of the molecule is C=CC(=O)OCCC(C(=O)O)c1ccc2ccccc2c1. The predicted octanol–water partition coefficient (Wildman–Crippen LogP) is 3.13. The Morgan fingerprint density at radius 3 is 2.57 bits per heavy atom. The number of fused-ring (bicyclic) bond motifs is 1. The Morgan fingerprint density at radius 2 is 1.90 bits per heavy atom. The largest absolute Gasteiger partial charge is 0.481 e. The highest BCUT2D eigenvalue weighted by atomic mass is 16.5. The number of rotatable bonds is 6. The highest BCUT2D eigenvalue weighted by Crippen LogP contribution is 2.24. The monoisotopic (exact) mass is 284 g/mol. The summed E-state index contributed by atoms with van der Waals surface area (Å²) in [5.41, 5.74) is 0.704. The summed E-state index contributed by atoms with van der Waals surface area (Å²) in [6, 6.07) is 13.3. The lowest BCUT2D eigenvalue weighted by atomic mass is 9.94. The Kier molecular flexibility index (Phi) is 4.72. The van der Waals surface area contributed by atoms with Crippen molar-refractivity contribution in [2.45, 2.75) is 12.3 Å². The standard InChI is InChI=1S/C17H16O4/c1-2-16(18)21-10-9-15(17(19)20)14-8-7-12-5-3-4-6-13(12)11-14/h2-8,11,15H,1,9-10H2,(H,19,20). The van der Waals surface area contributed by atoms with Gasteiger partial charge in [-0.3, -0.25) is 4.79 Å². The number of hydrogen-bond acceptors (Lipinski definition) is 3. The average Bonchev–Trinajstić information content (AvgIpc) is 2.50. The number of hydrogen-bond donors (Lipinski definition) is 1. The van der Waals surface area contributed by atoms with Gasteiger partial charge in [0.1, 0.15) is 0 Å². The molecule has 2 aromatic carbocycles. The fraction of sp³-hybridized carbons (Fsp3) is 0.176. The first kappa shape index (κ1) is 14.8. The lowest BCUT2D eigenvalue weighted by Gasteiger charge is -2.13. The normalized spacial score (nSPS) is 11.8. The molecule has 4 nitrogen and oxygen atoms in total. The van der Waals surface area contributed by atoms with E-state index in [1.165, 1.54) is 0 Å². The molecule has 0 aliphatic carbocycles. The van der Waals surface area contributed by atoms with E-state index in [2.05, 4.69) is 6.58 Å². The van der Waals surface area contributed by atoms with Crippen LogP contribution < -0.4 is 0 Å². The summed E-state index contributed by atoms with van der Waals surface area (Å²) in [5, 5.41) is 11.4. The Hall–Kier alpha value is -2.62. The van der Waals surface area contributed by atoms with Gasteiger partial charge in [-0.1, -0.05) is 49.0 Å². The highest BCUT2D eigenvalue weighted by molar-refractivity contribution is 5.85. The summed E-state index contributed by atoms with van der Waals surface area (Å²) in [5.74, 6) is -2.18. The Morgan fingerprint density at radius 1 is 1.19 bits per heavy atom. The minimum atomic E-state index is -0.931. The first-order valence-corrected chi connectivity index (χ1v) is 6.62. The van der Waals surface area contributed by atoms with Gasteiger partial charge < -0.3 is 9.84 Å². The van der Waals surface area contributed by atoms with E-state index in [9.17, 15) is 14.7 Å². The van der Waals surface area contributed by atoms with Crippen molar-refractivity contribution < 1.29 is 19.4 Å². The van der Waals surface area contributed by atoms with E-state index in [0.29, 0.717) is 5.56 Å². The van der Waals surface area contributed by atoms with Crippen LogP contribution in [0.15, 0.2) is 55.1 Å². The molecule has 0 saturated carbocycles. The van der Waals surface area contributed by atoms with Gasteiger partial charge in [-0.15, -0.1) is 0 Å². The smallest absolute Gasteiger partial charge is 0.330 e. The van der Waals surface area contributed by atoms with Gasteiger partial charge in [0.15, 0.2) is 0 Å². The topological polar surface area (TPSA) is 63.6 Å². The number of benzene rings is 2. The molecular weight excluding hydrogens is 268 g/mol. The summed E-state index contributed by atoms with van der Waals surface area (Å²) in [4.78, 5) is 22.4. The van der Waals surface area contributed by atoms with Crippen LogP contribution in [-0.4, -0.2) is 23.7 Å². The van der Waals surface area contributed by atoms with E-state index in [1.54, 1.807) is 6.07 Å². The number of carboxylic acids is 1. The molecule has 0 saturated heterocycles. The molecule has 0 aliphatic rings. The molecule has 2 aromatic rings. The number of aliphatic carboxylic acids is 1. The third kappa shape index (κ3) is 3.69. The second kappa shape index (κ2) is 6.70. The first-order valence-electron chi connectivity index (χ1n) is 6.62. The van der Waals surface area contributed by atoms with E-state index in [1.807, 2.05) is 36.4 Å². The molecule has 0 aromatic heterocycles. The number of esters is 1. The van der Waals surface area contributed by atoms with Gasteiger partial charge in [0, 0.05) is 6.08 Å². The number of ether oxygens (including phenoxy) is 1. The van der Waals surface area contributed by atoms with Gasteiger partial charge in [-0.05, 0) is 22.8 Å². The minimum absolute atomic E-state index is 0.0502. The molecule has 0 amide bonds. The fourth-order valence-corrected chi connectivity index (χ4v) is 2.19. The zero-order valence-electron chi connectivity index (χ0n) is 11.5. The quantitative estimate of drug-likeness (QED) is 0.654. The van der Waals surface area contributed by atoms with Crippen molar-refractivity contribution >= 4 is 22.7 Å². The second-order valence-corrected chi connectivity index (χ2v) is 4.66. The molecule has 0 heterocycles. The fourth-order valence-electron chi connectivity index (χ4n) is 2.19. The molecule has 1 unspecified atom stereocenters. The van der Waals surface area contributed by atoms with E-state index >= 15 is 0 Å². The van der Waals surface area contributed by atoms with E-state index in [0.717, 1.165) is 16.8 Å². The lowest BCUT2D eigenvalue weighted by molar-refractivity contribution is -0.142. The van der Waals surface area contributed by atoms with Crippen molar-refractivity contribution in [2.24, 2.45) is 0 Å². The van der Waals surface area contributed by atoms with Crippen LogP contribution in [0.2, 0.25) is 0 Å². The number of carboxylic acid groups (broad SMARTS) is 1. The summed E-state index contributed by atoms with van der Waals surface area (Å²) in [7, 11) is 0. The van der Waals surface area contributed by atoms with Gasteiger partial charge in [-0.25, -0.2) is 4.79 Å². The van der Waals surface area contributed by atoms with Gasteiger partial charge in [0.05, 0.1) is 12.5 Å². The Labute approximate surface area is 122 Å². The summed E-state index contributed by atoms with van der Waals surface area (Å²) < 4.78 is 4.86. The molecule has 0 radical (unpaired) electrons. The summed E-state index contributed by atoms with van der Waals surface area (Å²) in [6.07, 6.45) is 1.29. The van der Waals surface area contributed by atoms with Crippen molar-refractivity contribution in [3.8, 4) is 0 Å². The third-order valence-corrected chi connectivity index (χ3v) is 3.29. The van der Waals surface area contributed by atoms with Crippen LogP contribution in [0, 0.1) is 0 Å². The van der Waals surface area contributed by atoms with Gasteiger partial charge >= 0.3 is 11.9 Å². The van der Waals surface area contributed by atoms with Crippen LogP contribution in [0.5, 0.6) is 0 Å². The van der Waals surface area contributed by atoms with Crippen LogP contribution in [0.3, 0.4) is 0 Å². The Balaban J connectivity index is 2.17. The van der Waals surface area contributed by atoms with Crippen molar-refractivity contribution in [2.75, 3.05) is 6.61 Å². The van der Waals surface area contributed by atoms with Crippen LogP contribution in [0.1, 0.15) is 17.9 Å². The highest BCUT2D eigenvalue weighted by Gasteiger charge is 2.20. The maximum Gasteiger partial charge on any atom is 0.330 e. The van der Waals surface area contributed by atoms with E-state index in [4.69, 9.17) is 4.74 Å². The molecule has 1 atom stereocenters. The number of carbonyl (C=O) groups is 2. The van der Waals surface area contributed by atoms with Crippen molar-refractivity contribution in [1.29, 1.82) is 0 Å². The second-order valence-electron chi connectivity index (χ2n) is 4.66. The van der Waals surface area contributed by atoms with E-state index in [-0.39, 0.29) is 13.0 Å². The molecule has 2 rings (SSSR count). The summed E-state index contributed by atoms with van der Waals surface area (Å²) in [6.45, 7) is 3.35. The zero-order valence-corrected chi connectivity index (χ0v) is 11.5. The third-order valence-electron chi connectivity index (χ3n) is 3.29. The summed E-state index contributed by atoms with van der Waals surface area (Å²) >= 11 is 0. The molecule has 21 heavy (non-hydrogen) atoms. The maximum absolute atomic E-state index is 11.4. The first-order chi connectivity index (χ1) is 10.1.